The highest BCUT2D eigenvalue weighted by molar-refractivity contribution is 5.31. The molecule has 3 nitrogen and oxygen atoms in total. The lowest BCUT2D eigenvalue weighted by Gasteiger charge is -2.42. The second-order valence-electron chi connectivity index (χ2n) is 5.75. The molecule has 0 unspecified atom stereocenters. The molecule has 0 amide bonds. The Labute approximate surface area is 110 Å². The van der Waals surface area contributed by atoms with E-state index in [1.807, 2.05) is 0 Å². The molecule has 0 atom stereocenters. The molecule has 0 spiro atoms. The Bertz CT molecular complexity index is 415. The average Bonchev–Trinajstić information content (AvgIpc) is 2.33. The second kappa shape index (κ2) is 5.39. The fourth-order valence-electron chi connectivity index (χ4n) is 2.45. The average molecular weight is 248 g/mol. The zero-order valence-corrected chi connectivity index (χ0v) is 11.7. The first kappa shape index (κ1) is 13.5. The lowest BCUT2D eigenvalue weighted by molar-refractivity contribution is -0.0553. The molecule has 18 heavy (non-hydrogen) atoms. The largest absolute Gasteiger partial charge is 0.378 e. The number of nitrogens with two attached hydrogens (primary N) is 1. The highest BCUT2D eigenvalue weighted by Gasteiger charge is 2.30. The summed E-state index contributed by atoms with van der Waals surface area (Å²) in [4.78, 5) is 2.50. The van der Waals surface area contributed by atoms with Gasteiger partial charge in [0.2, 0.25) is 0 Å². The summed E-state index contributed by atoms with van der Waals surface area (Å²) in [5.41, 5.74) is 9.72. The number of hydrogen-bond acceptors (Lipinski definition) is 3. The summed E-state index contributed by atoms with van der Waals surface area (Å²) in [7, 11) is 0. The van der Waals surface area contributed by atoms with Gasteiger partial charge in [0.25, 0.3) is 0 Å². The molecule has 1 heterocycles. The Morgan fingerprint density at radius 1 is 1.39 bits per heavy atom. The molecule has 2 N–H and O–H groups in total. The number of morpholine rings is 1. The summed E-state index contributed by atoms with van der Waals surface area (Å²) in [5, 5.41) is 0. The number of benzene rings is 1. The van der Waals surface area contributed by atoms with Gasteiger partial charge in [-0.05, 0) is 37.5 Å². The van der Waals surface area contributed by atoms with Crippen molar-refractivity contribution in [2.24, 2.45) is 5.73 Å². The maximum atomic E-state index is 5.67. The molecular weight excluding hydrogens is 224 g/mol. The third-order valence-electron chi connectivity index (χ3n) is 3.82. The fourth-order valence-corrected chi connectivity index (χ4v) is 2.45. The Balaban J connectivity index is 2.13. The van der Waals surface area contributed by atoms with Gasteiger partial charge in [-0.25, -0.2) is 0 Å². The quantitative estimate of drug-likeness (QED) is 0.890. The lowest BCUT2D eigenvalue weighted by atomic mass is 9.99. The van der Waals surface area contributed by atoms with Crippen LogP contribution < -0.4 is 5.73 Å². The molecule has 100 valence electrons. The van der Waals surface area contributed by atoms with Gasteiger partial charge in [0, 0.05) is 25.2 Å². The van der Waals surface area contributed by atoms with Crippen LogP contribution in [0.5, 0.6) is 0 Å². The highest BCUT2D eigenvalue weighted by Crippen LogP contribution is 2.23. The molecule has 0 saturated carbocycles. The van der Waals surface area contributed by atoms with Crippen LogP contribution in [0.25, 0.3) is 0 Å². The lowest BCUT2D eigenvalue weighted by Crippen LogP contribution is -2.52. The smallest absolute Gasteiger partial charge is 0.0645 e. The van der Waals surface area contributed by atoms with Crippen molar-refractivity contribution < 1.29 is 4.74 Å². The number of rotatable bonds is 3. The van der Waals surface area contributed by atoms with Gasteiger partial charge in [-0.3, -0.25) is 4.90 Å². The highest BCUT2D eigenvalue weighted by atomic mass is 16.5. The van der Waals surface area contributed by atoms with Gasteiger partial charge in [-0.15, -0.1) is 0 Å². The fraction of sp³-hybridized carbons (Fsp3) is 0.600. The number of ether oxygens (including phenoxy) is 1. The van der Waals surface area contributed by atoms with Gasteiger partial charge in [0.15, 0.2) is 0 Å². The van der Waals surface area contributed by atoms with Crippen molar-refractivity contribution in [1.29, 1.82) is 0 Å². The number of aryl methyl sites for hydroxylation is 1. The Morgan fingerprint density at radius 3 is 2.78 bits per heavy atom. The molecule has 0 aliphatic carbocycles. The van der Waals surface area contributed by atoms with Crippen LogP contribution in [0.2, 0.25) is 0 Å². The van der Waals surface area contributed by atoms with Crippen molar-refractivity contribution in [1.82, 2.24) is 4.90 Å². The summed E-state index contributed by atoms with van der Waals surface area (Å²) in [6.07, 6.45) is 0. The maximum absolute atomic E-state index is 5.67. The van der Waals surface area contributed by atoms with E-state index >= 15 is 0 Å². The van der Waals surface area contributed by atoms with Gasteiger partial charge in [0.1, 0.15) is 0 Å². The molecule has 0 aromatic heterocycles. The minimum Gasteiger partial charge on any atom is -0.378 e. The summed E-state index contributed by atoms with van der Waals surface area (Å²) in [6, 6.07) is 6.54. The van der Waals surface area contributed by atoms with Crippen LogP contribution in [0.3, 0.4) is 0 Å². The van der Waals surface area contributed by atoms with Gasteiger partial charge in [-0.2, -0.15) is 0 Å². The second-order valence-corrected chi connectivity index (χ2v) is 5.75. The van der Waals surface area contributed by atoms with Gasteiger partial charge in [-0.1, -0.05) is 18.2 Å². The molecular formula is C15H24N2O. The first-order valence-corrected chi connectivity index (χ1v) is 6.64. The Hall–Kier alpha value is -0.900. The third kappa shape index (κ3) is 2.91. The predicted molar refractivity (Wildman–Crippen MR) is 74.4 cm³/mol. The van der Waals surface area contributed by atoms with E-state index in [2.05, 4.69) is 43.9 Å². The minimum atomic E-state index is 0.122. The SMILES string of the molecule is Cc1cc(CN)ccc1CN1CCOCC1(C)C. The van der Waals surface area contributed by atoms with Crippen LogP contribution >= 0.6 is 0 Å². The van der Waals surface area contributed by atoms with Crippen LogP contribution in [0, 0.1) is 6.92 Å². The van der Waals surface area contributed by atoms with Crippen LogP contribution in [0.4, 0.5) is 0 Å². The summed E-state index contributed by atoms with van der Waals surface area (Å²) in [5.74, 6) is 0. The minimum absolute atomic E-state index is 0.122. The maximum Gasteiger partial charge on any atom is 0.0645 e. The molecule has 1 fully saturated rings. The van der Waals surface area contributed by atoms with Crippen molar-refractivity contribution in [3.05, 3.63) is 34.9 Å². The van der Waals surface area contributed by atoms with E-state index in [4.69, 9.17) is 10.5 Å². The van der Waals surface area contributed by atoms with Crippen molar-refractivity contribution >= 4 is 0 Å². The topological polar surface area (TPSA) is 38.5 Å². The van der Waals surface area contributed by atoms with E-state index < -0.39 is 0 Å². The zero-order chi connectivity index (χ0) is 13.2. The van der Waals surface area contributed by atoms with Crippen LogP contribution in [-0.4, -0.2) is 30.2 Å². The van der Waals surface area contributed by atoms with Crippen LogP contribution in [-0.2, 0) is 17.8 Å². The standard InChI is InChI=1S/C15H24N2O/c1-12-8-13(9-16)4-5-14(12)10-17-6-7-18-11-15(17,2)3/h4-5,8H,6-7,9-11,16H2,1-3H3. The van der Waals surface area contributed by atoms with Gasteiger partial charge in [0.05, 0.1) is 13.2 Å². The summed E-state index contributed by atoms with van der Waals surface area (Å²) >= 11 is 0. The summed E-state index contributed by atoms with van der Waals surface area (Å²) in [6.45, 7) is 10.9. The molecule has 1 aliphatic rings. The monoisotopic (exact) mass is 248 g/mol. The van der Waals surface area contributed by atoms with E-state index in [0.717, 1.165) is 26.3 Å². The van der Waals surface area contributed by atoms with Crippen LogP contribution in [0.1, 0.15) is 30.5 Å². The Kier molecular flexibility index (Phi) is 4.05. The predicted octanol–water partition coefficient (Wildman–Crippen LogP) is 2.06. The van der Waals surface area contributed by atoms with E-state index in [1.165, 1.54) is 16.7 Å². The van der Waals surface area contributed by atoms with E-state index in [0.29, 0.717) is 6.54 Å². The molecule has 2 rings (SSSR count). The van der Waals surface area contributed by atoms with Crippen LogP contribution in [0.15, 0.2) is 18.2 Å². The van der Waals surface area contributed by atoms with E-state index in [1.54, 1.807) is 0 Å². The van der Waals surface area contributed by atoms with Gasteiger partial charge >= 0.3 is 0 Å². The van der Waals surface area contributed by atoms with E-state index in [9.17, 15) is 0 Å². The number of hydrogen-bond donors (Lipinski definition) is 1. The molecule has 3 heteroatoms. The molecule has 0 radical (unpaired) electrons. The number of nitrogens with zero attached hydrogens (tertiary/aromatic N) is 1. The summed E-state index contributed by atoms with van der Waals surface area (Å²) < 4.78 is 5.56. The first-order chi connectivity index (χ1) is 8.53. The molecule has 1 saturated heterocycles. The van der Waals surface area contributed by atoms with E-state index in [-0.39, 0.29) is 5.54 Å². The normalized spacial score (nSPS) is 20.0. The molecule has 1 aliphatic heterocycles. The third-order valence-corrected chi connectivity index (χ3v) is 3.82. The van der Waals surface area contributed by atoms with Crippen molar-refractivity contribution in [3.63, 3.8) is 0 Å². The van der Waals surface area contributed by atoms with Crippen molar-refractivity contribution in [2.45, 2.75) is 39.4 Å². The molecule has 1 aromatic rings. The first-order valence-electron chi connectivity index (χ1n) is 6.64. The molecule has 1 aromatic carbocycles. The van der Waals surface area contributed by atoms with Gasteiger partial charge < -0.3 is 10.5 Å². The van der Waals surface area contributed by atoms with Crippen molar-refractivity contribution in [2.75, 3.05) is 19.8 Å². The molecule has 0 bridgehead atoms. The zero-order valence-electron chi connectivity index (χ0n) is 11.7. The Morgan fingerprint density at radius 2 is 2.17 bits per heavy atom. The van der Waals surface area contributed by atoms with Crippen molar-refractivity contribution in [3.8, 4) is 0 Å².